The molecule has 0 saturated carbocycles. The third-order valence-corrected chi connectivity index (χ3v) is 1.65. The van der Waals surface area contributed by atoms with Crippen molar-refractivity contribution in [3.05, 3.63) is 0 Å². The van der Waals surface area contributed by atoms with Crippen LogP contribution in [0.3, 0.4) is 0 Å². The SMILES string of the molecule is COCCCC(C)(N)CC(=O)O. The van der Waals surface area contributed by atoms with E-state index in [2.05, 4.69) is 0 Å². The predicted molar refractivity (Wildman–Crippen MR) is 46.0 cm³/mol. The highest BCUT2D eigenvalue weighted by molar-refractivity contribution is 5.68. The van der Waals surface area contributed by atoms with Crippen LogP contribution in [0.5, 0.6) is 0 Å². The molecular formula is C8H17NO3. The monoisotopic (exact) mass is 175 g/mol. The molecule has 3 N–H and O–H groups in total. The fourth-order valence-corrected chi connectivity index (χ4v) is 1.05. The number of carboxylic acid groups (broad SMARTS) is 1. The van der Waals surface area contributed by atoms with Gasteiger partial charge in [0, 0.05) is 19.3 Å². The first-order valence-electron chi connectivity index (χ1n) is 3.97. The van der Waals surface area contributed by atoms with E-state index in [0.29, 0.717) is 13.0 Å². The molecule has 0 radical (unpaired) electrons. The maximum absolute atomic E-state index is 10.3. The van der Waals surface area contributed by atoms with E-state index in [4.69, 9.17) is 15.6 Å². The number of nitrogens with two attached hydrogens (primary N) is 1. The normalized spacial score (nSPS) is 15.6. The Morgan fingerprint density at radius 2 is 2.25 bits per heavy atom. The third-order valence-electron chi connectivity index (χ3n) is 1.65. The quantitative estimate of drug-likeness (QED) is 0.580. The number of hydrogen-bond donors (Lipinski definition) is 2. The zero-order chi connectivity index (χ0) is 9.61. The summed E-state index contributed by atoms with van der Waals surface area (Å²) in [6, 6.07) is 0. The van der Waals surface area contributed by atoms with Gasteiger partial charge in [0.2, 0.25) is 0 Å². The lowest BCUT2D eigenvalue weighted by molar-refractivity contribution is -0.138. The Hall–Kier alpha value is -0.610. The number of hydrogen-bond acceptors (Lipinski definition) is 3. The molecule has 0 aliphatic heterocycles. The van der Waals surface area contributed by atoms with Crippen LogP contribution in [0.4, 0.5) is 0 Å². The Balaban J connectivity index is 3.63. The number of methoxy groups -OCH3 is 1. The van der Waals surface area contributed by atoms with E-state index in [-0.39, 0.29) is 6.42 Å². The van der Waals surface area contributed by atoms with Crippen molar-refractivity contribution < 1.29 is 14.6 Å². The van der Waals surface area contributed by atoms with E-state index in [0.717, 1.165) is 6.42 Å². The fourth-order valence-electron chi connectivity index (χ4n) is 1.05. The minimum absolute atomic E-state index is 0.0106. The standard InChI is InChI=1S/C8H17NO3/c1-8(9,6-7(10)11)4-3-5-12-2/h3-6,9H2,1-2H3,(H,10,11). The van der Waals surface area contributed by atoms with Crippen molar-refractivity contribution in [2.75, 3.05) is 13.7 Å². The van der Waals surface area contributed by atoms with Crippen LogP contribution in [-0.4, -0.2) is 30.3 Å². The van der Waals surface area contributed by atoms with Crippen molar-refractivity contribution >= 4 is 5.97 Å². The highest BCUT2D eigenvalue weighted by Crippen LogP contribution is 2.13. The largest absolute Gasteiger partial charge is 0.481 e. The Labute approximate surface area is 72.7 Å². The molecule has 12 heavy (non-hydrogen) atoms. The molecule has 72 valence electrons. The van der Waals surface area contributed by atoms with Crippen LogP contribution in [0.15, 0.2) is 0 Å². The first-order valence-corrected chi connectivity index (χ1v) is 3.97. The van der Waals surface area contributed by atoms with Crippen LogP contribution < -0.4 is 5.73 Å². The molecule has 0 aromatic heterocycles. The minimum atomic E-state index is -0.850. The third kappa shape index (κ3) is 6.12. The minimum Gasteiger partial charge on any atom is -0.481 e. The van der Waals surface area contributed by atoms with Crippen molar-refractivity contribution in [1.29, 1.82) is 0 Å². The van der Waals surface area contributed by atoms with Gasteiger partial charge >= 0.3 is 5.97 Å². The van der Waals surface area contributed by atoms with Gasteiger partial charge in [-0.05, 0) is 19.8 Å². The van der Waals surface area contributed by atoms with Crippen LogP contribution >= 0.6 is 0 Å². The molecule has 0 rings (SSSR count). The lowest BCUT2D eigenvalue weighted by Crippen LogP contribution is -2.38. The van der Waals surface area contributed by atoms with Gasteiger partial charge in [0.05, 0.1) is 6.42 Å². The van der Waals surface area contributed by atoms with Crippen LogP contribution in [0.25, 0.3) is 0 Å². The summed E-state index contributed by atoms with van der Waals surface area (Å²) in [5, 5.41) is 8.49. The summed E-state index contributed by atoms with van der Waals surface area (Å²) in [6.07, 6.45) is 1.49. The number of carbonyl (C=O) groups is 1. The average Bonchev–Trinajstić information content (AvgIpc) is 1.84. The molecule has 1 atom stereocenters. The fraction of sp³-hybridized carbons (Fsp3) is 0.875. The topological polar surface area (TPSA) is 72.5 Å². The first-order chi connectivity index (χ1) is 5.48. The van der Waals surface area contributed by atoms with Crippen LogP contribution in [0.2, 0.25) is 0 Å². The Morgan fingerprint density at radius 1 is 1.67 bits per heavy atom. The summed E-state index contributed by atoms with van der Waals surface area (Å²) in [4.78, 5) is 10.3. The van der Waals surface area contributed by atoms with Gasteiger partial charge in [-0.3, -0.25) is 4.79 Å². The van der Waals surface area contributed by atoms with E-state index in [9.17, 15) is 4.79 Å². The summed E-state index contributed by atoms with van der Waals surface area (Å²) in [6.45, 7) is 2.38. The molecule has 0 aliphatic carbocycles. The van der Waals surface area contributed by atoms with Gasteiger partial charge in [0.1, 0.15) is 0 Å². The van der Waals surface area contributed by atoms with Crippen molar-refractivity contribution in [1.82, 2.24) is 0 Å². The smallest absolute Gasteiger partial charge is 0.305 e. The highest BCUT2D eigenvalue weighted by atomic mass is 16.5. The molecule has 0 heterocycles. The van der Waals surface area contributed by atoms with Crippen LogP contribution in [0.1, 0.15) is 26.2 Å². The van der Waals surface area contributed by atoms with E-state index >= 15 is 0 Å². The number of carboxylic acids is 1. The Kier molecular flexibility index (Phi) is 4.85. The lowest BCUT2D eigenvalue weighted by atomic mass is 9.93. The molecular weight excluding hydrogens is 158 g/mol. The van der Waals surface area contributed by atoms with Gasteiger partial charge in [-0.25, -0.2) is 0 Å². The molecule has 0 aliphatic rings. The highest BCUT2D eigenvalue weighted by Gasteiger charge is 2.21. The number of rotatable bonds is 6. The summed E-state index contributed by atoms with van der Waals surface area (Å²) in [5.74, 6) is -0.850. The number of ether oxygens (including phenoxy) is 1. The summed E-state index contributed by atoms with van der Waals surface area (Å²) >= 11 is 0. The second kappa shape index (κ2) is 5.11. The Bertz CT molecular complexity index is 145. The lowest BCUT2D eigenvalue weighted by Gasteiger charge is -2.21. The van der Waals surface area contributed by atoms with Crippen molar-refractivity contribution in [2.24, 2.45) is 5.73 Å². The second-order valence-corrected chi connectivity index (χ2v) is 3.32. The molecule has 0 bridgehead atoms. The van der Waals surface area contributed by atoms with E-state index in [1.807, 2.05) is 0 Å². The molecule has 4 nitrogen and oxygen atoms in total. The van der Waals surface area contributed by atoms with Gasteiger partial charge in [-0.15, -0.1) is 0 Å². The van der Waals surface area contributed by atoms with E-state index in [1.54, 1.807) is 14.0 Å². The van der Waals surface area contributed by atoms with Crippen molar-refractivity contribution in [3.8, 4) is 0 Å². The van der Waals surface area contributed by atoms with Gasteiger partial charge in [0.15, 0.2) is 0 Å². The molecule has 0 saturated heterocycles. The molecule has 0 fully saturated rings. The van der Waals surface area contributed by atoms with Gasteiger partial charge in [0.25, 0.3) is 0 Å². The van der Waals surface area contributed by atoms with Gasteiger partial charge < -0.3 is 15.6 Å². The summed E-state index contributed by atoms with van der Waals surface area (Å²) in [5.41, 5.74) is 5.12. The van der Waals surface area contributed by atoms with Crippen molar-refractivity contribution in [2.45, 2.75) is 31.7 Å². The maximum Gasteiger partial charge on any atom is 0.305 e. The first kappa shape index (κ1) is 11.4. The van der Waals surface area contributed by atoms with Crippen LogP contribution in [0, 0.1) is 0 Å². The molecule has 0 aromatic rings. The van der Waals surface area contributed by atoms with Gasteiger partial charge in [-0.2, -0.15) is 0 Å². The molecule has 1 unspecified atom stereocenters. The van der Waals surface area contributed by atoms with Gasteiger partial charge in [-0.1, -0.05) is 0 Å². The zero-order valence-electron chi connectivity index (χ0n) is 7.67. The van der Waals surface area contributed by atoms with Crippen LogP contribution in [-0.2, 0) is 9.53 Å². The zero-order valence-corrected chi connectivity index (χ0v) is 7.67. The van der Waals surface area contributed by atoms with E-state index < -0.39 is 11.5 Å². The summed E-state index contributed by atoms with van der Waals surface area (Å²) in [7, 11) is 1.62. The maximum atomic E-state index is 10.3. The van der Waals surface area contributed by atoms with Crippen molar-refractivity contribution in [3.63, 3.8) is 0 Å². The van der Waals surface area contributed by atoms with E-state index in [1.165, 1.54) is 0 Å². The second-order valence-electron chi connectivity index (χ2n) is 3.32. The Morgan fingerprint density at radius 3 is 2.67 bits per heavy atom. The predicted octanol–water partition coefficient (Wildman–Crippen LogP) is 0.605. The molecule has 4 heteroatoms. The number of aliphatic carboxylic acids is 1. The summed E-state index contributed by atoms with van der Waals surface area (Å²) < 4.78 is 4.84. The molecule has 0 aromatic carbocycles. The average molecular weight is 175 g/mol. The molecule has 0 spiro atoms. The molecule has 0 amide bonds.